The number of methoxy groups -OCH3 is 1. The first-order valence-corrected chi connectivity index (χ1v) is 10.1. The van der Waals surface area contributed by atoms with Gasteiger partial charge < -0.3 is 9.47 Å². The Kier molecular flexibility index (Phi) is 7.01. The van der Waals surface area contributed by atoms with Gasteiger partial charge in [0, 0.05) is 6.07 Å². The number of esters is 1. The van der Waals surface area contributed by atoms with Gasteiger partial charge in [-0.2, -0.15) is 5.26 Å². The lowest BCUT2D eigenvalue weighted by Gasteiger charge is -2.34. The van der Waals surface area contributed by atoms with E-state index in [9.17, 15) is 14.4 Å². The molecular weight excluding hydrogens is 407 g/mol. The molecule has 5 nitrogen and oxygen atoms in total. The molecule has 2 aromatic carbocycles. The molecule has 0 aliphatic carbocycles. The fourth-order valence-corrected chi connectivity index (χ4v) is 3.62. The Morgan fingerprint density at radius 1 is 1.06 bits per heavy atom. The number of nitriles is 1. The van der Waals surface area contributed by atoms with Crippen LogP contribution in [-0.2, 0) is 14.9 Å². The van der Waals surface area contributed by atoms with Gasteiger partial charge in [0.15, 0.2) is 0 Å². The van der Waals surface area contributed by atoms with Crippen LogP contribution in [0.2, 0.25) is 0 Å². The van der Waals surface area contributed by atoms with Gasteiger partial charge in [-0.1, -0.05) is 50.2 Å². The van der Waals surface area contributed by atoms with Gasteiger partial charge in [0.1, 0.15) is 17.0 Å². The van der Waals surface area contributed by atoms with Crippen molar-refractivity contribution in [3.63, 3.8) is 0 Å². The molecule has 1 atom stereocenters. The topological polar surface area (TPSA) is 72.2 Å². The van der Waals surface area contributed by atoms with E-state index < -0.39 is 17.2 Å². The first-order chi connectivity index (χ1) is 15.4. The summed E-state index contributed by atoms with van der Waals surface area (Å²) in [6.07, 6.45) is 1.56. The third-order valence-corrected chi connectivity index (χ3v) is 5.19. The fraction of sp³-hybridized carbons (Fsp3) is 0.192. The average molecular weight is 430 g/mol. The van der Waals surface area contributed by atoms with E-state index >= 15 is 0 Å². The van der Waals surface area contributed by atoms with Crippen LogP contribution in [0.15, 0.2) is 78.4 Å². The number of nitrogens with zero attached hydrogens (tertiary/aromatic N) is 2. The summed E-state index contributed by atoms with van der Waals surface area (Å²) in [6, 6.07) is 22.0. The summed E-state index contributed by atoms with van der Waals surface area (Å²) in [5, 5.41) is 10.1. The molecule has 1 aromatic heterocycles. The van der Waals surface area contributed by atoms with Crippen LogP contribution in [0.4, 0.5) is 4.39 Å². The van der Waals surface area contributed by atoms with E-state index in [1.807, 2.05) is 32.0 Å². The van der Waals surface area contributed by atoms with Crippen LogP contribution in [-0.4, -0.2) is 18.1 Å². The Hall–Kier alpha value is -3.98. The molecule has 0 aliphatic rings. The summed E-state index contributed by atoms with van der Waals surface area (Å²) < 4.78 is 24.4. The number of hydrogen-bond acceptors (Lipinski definition) is 5. The maximum atomic E-state index is 13.4. The maximum absolute atomic E-state index is 13.4. The number of para-hydroxylation sites is 1. The van der Waals surface area contributed by atoms with Crippen molar-refractivity contribution in [2.75, 3.05) is 7.11 Å². The number of rotatable bonds is 7. The molecule has 0 fully saturated rings. The lowest BCUT2D eigenvalue weighted by atomic mass is 9.68. The van der Waals surface area contributed by atoms with Crippen LogP contribution in [0.1, 0.15) is 25.1 Å². The number of benzene rings is 2. The fourth-order valence-electron chi connectivity index (χ4n) is 3.62. The normalized spacial score (nSPS) is 13.2. The molecule has 3 aromatic rings. The van der Waals surface area contributed by atoms with Gasteiger partial charge in [-0.05, 0) is 47.9 Å². The highest BCUT2D eigenvalue weighted by Crippen LogP contribution is 2.41. The predicted octanol–water partition coefficient (Wildman–Crippen LogP) is 5.69. The molecule has 3 rings (SSSR count). The van der Waals surface area contributed by atoms with Crippen LogP contribution in [0, 0.1) is 23.1 Å². The highest BCUT2D eigenvalue weighted by atomic mass is 19.1. The number of carbonyl (C=O) groups excluding carboxylic acids is 1. The van der Waals surface area contributed by atoms with Gasteiger partial charge >= 0.3 is 5.97 Å². The SMILES string of the molecule is COC(=O)C(C(C#N)=Cc1ccc(F)cc1)(c1cccc(Oc2ccccc2)n1)C(C)C. The van der Waals surface area contributed by atoms with Crippen molar-refractivity contribution in [3.8, 4) is 17.7 Å². The molecule has 1 heterocycles. The zero-order valence-electron chi connectivity index (χ0n) is 18.1. The standard InChI is InChI=1S/C26H23FN2O3/c1-18(2)26(25(30)31-3,20(17-28)16-19-12-14-21(27)15-13-19)23-10-7-11-24(29-23)32-22-8-5-4-6-9-22/h4-16,18H,1-3H3. The zero-order chi connectivity index (χ0) is 23.1. The van der Waals surface area contributed by atoms with Crippen molar-refractivity contribution in [3.05, 3.63) is 95.4 Å². The Balaban J connectivity index is 2.18. The molecule has 162 valence electrons. The van der Waals surface area contributed by atoms with Crippen molar-refractivity contribution >= 4 is 12.0 Å². The van der Waals surface area contributed by atoms with Crippen molar-refractivity contribution in [1.29, 1.82) is 5.26 Å². The molecule has 0 N–H and O–H groups in total. The second-order valence-electron chi connectivity index (χ2n) is 7.45. The molecule has 32 heavy (non-hydrogen) atoms. The van der Waals surface area contributed by atoms with E-state index in [-0.39, 0.29) is 17.4 Å². The van der Waals surface area contributed by atoms with Gasteiger partial charge in [-0.3, -0.25) is 4.79 Å². The van der Waals surface area contributed by atoms with E-state index in [2.05, 4.69) is 11.1 Å². The Labute approximate surface area is 186 Å². The second-order valence-corrected chi connectivity index (χ2v) is 7.45. The largest absolute Gasteiger partial charge is 0.468 e. The molecule has 6 heteroatoms. The summed E-state index contributed by atoms with van der Waals surface area (Å²) in [6.45, 7) is 3.64. The van der Waals surface area contributed by atoms with Crippen LogP contribution in [0.3, 0.4) is 0 Å². The number of ether oxygens (including phenoxy) is 2. The molecule has 0 spiro atoms. The Bertz CT molecular complexity index is 1150. The molecular formula is C26H23FN2O3. The van der Waals surface area contributed by atoms with E-state index in [4.69, 9.17) is 9.47 Å². The summed E-state index contributed by atoms with van der Waals surface area (Å²) in [7, 11) is 1.27. The molecule has 0 aliphatic heterocycles. The molecule has 0 radical (unpaired) electrons. The quantitative estimate of drug-likeness (QED) is 0.356. The molecule has 0 amide bonds. The monoisotopic (exact) mass is 430 g/mol. The van der Waals surface area contributed by atoms with E-state index in [1.165, 1.54) is 31.4 Å². The van der Waals surface area contributed by atoms with E-state index in [1.54, 1.807) is 36.4 Å². The van der Waals surface area contributed by atoms with E-state index in [0.29, 0.717) is 17.0 Å². The minimum Gasteiger partial charge on any atom is -0.468 e. The summed E-state index contributed by atoms with van der Waals surface area (Å²) >= 11 is 0. The van der Waals surface area contributed by atoms with E-state index in [0.717, 1.165) is 0 Å². The lowest BCUT2D eigenvalue weighted by molar-refractivity contribution is -0.147. The van der Waals surface area contributed by atoms with Crippen LogP contribution < -0.4 is 4.74 Å². The first-order valence-electron chi connectivity index (χ1n) is 10.1. The van der Waals surface area contributed by atoms with Crippen molar-refractivity contribution < 1.29 is 18.7 Å². The van der Waals surface area contributed by atoms with Gasteiger partial charge in [-0.15, -0.1) is 0 Å². The van der Waals surface area contributed by atoms with Crippen LogP contribution in [0.5, 0.6) is 11.6 Å². The lowest BCUT2D eigenvalue weighted by Crippen LogP contribution is -2.44. The van der Waals surface area contributed by atoms with Gasteiger partial charge in [0.2, 0.25) is 5.88 Å². The highest BCUT2D eigenvalue weighted by Gasteiger charge is 2.49. The molecule has 0 saturated carbocycles. The summed E-state index contributed by atoms with van der Waals surface area (Å²) in [5.74, 6) is -0.529. The third kappa shape index (κ3) is 4.52. The van der Waals surface area contributed by atoms with Crippen molar-refractivity contribution in [1.82, 2.24) is 4.98 Å². The Morgan fingerprint density at radius 2 is 1.75 bits per heavy atom. The van der Waals surface area contributed by atoms with Crippen molar-refractivity contribution in [2.24, 2.45) is 5.92 Å². The number of halogens is 1. The molecule has 1 unspecified atom stereocenters. The Morgan fingerprint density at radius 3 is 2.34 bits per heavy atom. The summed E-state index contributed by atoms with van der Waals surface area (Å²) in [5.41, 5.74) is -0.458. The summed E-state index contributed by atoms with van der Waals surface area (Å²) in [4.78, 5) is 17.8. The van der Waals surface area contributed by atoms with Crippen LogP contribution in [0.25, 0.3) is 6.08 Å². The average Bonchev–Trinajstić information content (AvgIpc) is 2.80. The minimum atomic E-state index is -1.49. The third-order valence-electron chi connectivity index (χ3n) is 5.19. The minimum absolute atomic E-state index is 0.135. The first kappa shape index (κ1) is 22.7. The second kappa shape index (κ2) is 9.88. The number of carbonyl (C=O) groups is 1. The smallest absolute Gasteiger partial charge is 0.323 e. The number of hydrogen-bond donors (Lipinski definition) is 0. The number of aromatic nitrogens is 1. The molecule has 0 saturated heterocycles. The van der Waals surface area contributed by atoms with Crippen molar-refractivity contribution in [2.45, 2.75) is 19.3 Å². The van der Waals surface area contributed by atoms with Gasteiger partial charge in [0.25, 0.3) is 0 Å². The highest BCUT2D eigenvalue weighted by molar-refractivity contribution is 5.90. The van der Waals surface area contributed by atoms with Crippen LogP contribution >= 0.6 is 0 Å². The zero-order valence-corrected chi connectivity index (χ0v) is 18.1. The number of pyridine rings is 1. The maximum Gasteiger partial charge on any atom is 0.323 e. The van der Waals surface area contributed by atoms with Gasteiger partial charge in [0.05, 0.1) is 24.4 Å². The van der Waals surface area contributed by atoms with Gasteiger partial charge in [-0.25, -0.2) is 9.37 Å². The predicted molar refractivity (Wildman–Crippen MR) is 119 cm³/mol. The molecule has 0 bridgehead atoms.